The van der Waals surface area contributed by atoms with Crippen molar-refractivity contribution in [1.82, 2.24) is 5.32 Å². The minimum atomic E-state index is -0.352. The maximum absolute atomic E-state index is 13.1. The first-order chi connectivity index (χ1) is 8.81. The first-order valence-electron chi connectivity index (χ1n) is 6.63. The van der Waals surface area contributed by atoms with Gasteiger partial charge >= 0.3 is 0 Å². The lowest BCUT2D eigenvalue weighted by Gasteiger charge is -2.23. The number of hydrogen-bond acceptors (Lipinski definition) is 2. The molecule has 0 bridgehead atoms. The molecule has 1 nitrogen and oxygen atoms in total. The second-order valence-corrected chi connectivity index (χ2v) is 7.88. The van der Waals surface area contributed by atoms with Gasteiger partial charge in [0.15, 0.2) is 0 Å². The van der Waals surface area contributed by atoms with Crippen LogP contribution in [-0.4, -0.2) is 23.1 Å². The van der Waals surface area contributed by atoms with Crippen LogP contribution in [0, 0.1) is 5.82 Å². The zero-order valence-electron chi connectivity index (χ0n) is 12.1. The number of nitrogens with one attached hydrogen (secondary N) is 1. The van der Waals surface area contributed by atoms with E-state index in [9.17, 15) is 4.39 Å². The van der Waals surface area contributed by atoms with Gasteiger partial charge in [-0.2, -0.15) is 11.8 Å². The molecule has 0 aliphatic rings. The van der Waals surface area contributed by atoms with Crippen molar-refractivity contribution in [2.24, 2.45) is 0 Å². The van der Waals surface area contributed by atoms with E-state index in [0.717, 1.165) is 24.3 Å². The Morgan fingerprint density at radius 2 is 2.05 bits per heavy atom. The van der Waals surface area contributed by atoms with Crippen LogP contribution in [0.3, 0.4) is 0 Å². The van der Waals surface area contributed by atoms with Gasteiger partial charge in [-0.05, 0) is 30.7 Å². The minimum absolute atomic E-state index is 0.205. The lowest BCUT2D eigenvalue weighted by Crippen LogP contribution is -2.34. The molecule has 0 spiro atoms. The molecule has 4 heteroatoms. The van der Waals surface area contributed by atoms with Gasteiger partial charge in [0.05, 0.1) is 5.02 Å². The fourth-order valence-electron chi connectivity index (χ4n) is 1.78. The first kappa shape index (κ1) is 16.8. The molecule has 0 fully saturated rings. The number of likely N-dealkylation sites (N-methyl/N-ethyl adjacent to an activating group) is 1. The van der Waals surface area contributed by atoms with Crippen LogP contribution in [0.25, 0.3) is 0 Å². The molecule has 0 radical (unpaired) electrons. The van der Waals surface area contributed by atoms with E-state index in [1.165, 1.54) is 6.07 Å². The van der Waals surface area contributed by atoms with Crippen molar-refractivity contribution in [3.05, 3.63) is 34.6 Å². The summed E-state index contributed by atoms with van der Waals surface area (Å²) in [4.78, 5) is 0. The van der Waals surface area contributed by atoms with Crippen LogP contribution < -0.4 is 5.32 Å². The summed E-state index contributed by atoms with van der Waals surface area (Å²) in [6.07, 6.45) is 0.872. The Labute approximate surface area is 125 Å². The van der Waals surface area contributed by atoms with Crippen LogP contribution in [0.15, 0.2) is 18.2 Å². The van der Waals surface area contributed by atoms with Gasteiger partial charge in [0.25, 0.3) is 0 Å². The monoisotopic (exact) mass is 303 g/mol. The van der Waals surface area contributed by atoms with Crippen molar-refractivity contribution in [2.75, 3.05) is 12.3 Å². The molecular formula is C15H23ClFNS. The largest absolute Gasteiger partial charge is 0.313 e. The lowest BCUT2D eigenvalue weighted by molar-refractivity contribution is 0.569. The Hall–Kier alpha value is -0.250. The summed E-state index contributed by atoms with van der Waals surface area (Å²) < 4.78 is 13.4. The van der Waals surface area contributed by atoms with Gasteiger partial charge in [-0.25, -0.2) is 4.39 Å². The molecule has 1 atom stereocenters. The van der Waals surface area contributed by atoms with Gasteiger partial charge in [0.1, 0.15) is 5.82 Å². The van der Waals surface area contributed by atoms with E-state index >= 15 is 0 Å². The van der Waals surface area contributed by atoms with Gasteiger partial charge in [-0.15, -0.1) is 0 Å². The maximum atomic E-state index is 13.1. The number of halogens is 2. The number of rotatable bonds is 6. The molecule has 1 aromatic rings. The van der Waals surface area contributed by atoms with Gasteiger partial charge in [0, 0.05) is 16.5 Å². The molecule has 0 saturated carbocycles. The quantitative estimate of drug-likeness (QED) is 0.828. The maximum Gasteiger partial charge on any atom is 0.141 e. The topological polar surface area (TPSA) is 12.0 Å². The van der Waals surface area contributed by atoms with E-state index < -0.39 is 0 Å². The van der Waals surface area contributed by atoms with E-state index in [-0.39, 0.29) is 15.6 Å². The molecule has 19 heavy (non-hydrogen) atoms. The summed E-state index contributed by atoms with van der Waals surface area (Å²) in [5.41, 5.74) is 1.08. The highest BCUT2D eigenvalue weighted by Crippen LogP contribution is 2.25. The summed E-state index contributed by atoms with van der Waals surface area (Å²) in [6, 6.07) is 5.36. The van der Waals surface area contributed by atoms with Crippen LogP contribution in [0.4, 0.5) is 4.39 Å². The lowest BCUT2D eigenvalue weighted by atomic mass is 10.1. The van der Waals surface area contributed by atoms with E-state index in [0.29, 0.717) is 6.04 Å². The van der Waals surface area contributed by atoms with Gasteiger partial charge < -0.3 is 5.32 Å². The predicted octanol–water partition coefficient (Wildman–Crippen LogP) is 4.53. The average Bonchev–Trinajstić information content (AvgIpc) is 2.30. The second kappa shape index (κ2) is 7.51. The summed E-state index contributed by atoms with van der Waals surface area (Å²) in [7, 11) is 0. The van der Waals surface area contributed by atoms with Crippen molar-refractivity contribution in [2.45, 2.75) is 44.9 Å². The molecular weight excluding hydrogens is 281 g/mol. The SMILES string of the molecule is CCNC(CSC(C)(C)C)Cc1ccc(F)c(Cl)c1. The average molecular weight is 304 g/mol. The Bertz CT molecular complexity index is 404. The van der Waals surface area contributed by atoms with E-state index in [1.54, 1.807) is 6.07 Å². The first-order valence-corrected chi connectivity index (χ1v) is 7.99. The van der Waals surface area contributed by atoms with Crippen LogP contribution in [0.1, 0.15) is 33.3 Å². The Kier molecular flexibility index (Phi) is 6.64. The van der Waals surface area contributed by atoms with Crippen LogP contribution in [0.5, 0.6) is 0 Å². The number of thioether (sulfide) groups is 1. The molecule has 0 aliphatic carbocycles. The zero-order valence-corrected chi connectivity index (χ0v) is 13.7. The highest BCUT2D eigenvalue weighted by atomic mass is 35.5. The Morgan fingerprint density at radius 3 is 2.58 bits per heavy atom. The summed E-state index contributed by atoms with van der Waals surface area (Å²) >= 11 is 7.76. The Morgan fingerprint density at radius 1 is 1.37 bits per heavy atom. The van der Waals surface area contributed by atoms with E-state index in [2.05, 4.69) is 33.0 Å². The molecule has 108 valence electrons. The van der Waals surface area contributed by atoms with Crippen molar-refractivity contribution in [3.8, 4) is 0 Å². The molecule has 1 aromatic carbocycles. The molecule has 0 saturated heterocycles. The molecule has 1 rings (SSSR count). The molecule has 0 heterocycles. The van der Waals surface area contributed by atoms with Crippen molar-refractivity contribution >= 4 is 23.4 Å². The summed E-state index contributed by atoms with van der Waals surface area (Å²) in [5, 5.41) is 3.68. The van der Waals surface area contributed by atoms with Gasteiger partial charge in [0.2, 0.25) is 0 Å². The highest BCUT2D eigenvalue weighted by Gasteiger charge is 2.16. The third-order valence-electron chi connectivity index (χ3n) is 2.68. The van der Waals surface area contributed by atoms with Crippen molar-refractivity contribution in [1.29, 1.82) is 0 Å². The smallest absolute Gasteiger partial charge is 0.141 e. The molecule has 0 amide bonds. The Balaban J connectivity index is 2.64. The van der Waals surface area contributed by atoms with Crippen molar-refractivity contribution in [3.63, 3.8) is 0 Å². The fourth-order valence-corrected chi connectivity index (χ4v) is 2.92. The fraction of sp³-hybridized carbons (Fsp3) is 0.600. The number of hydrogen-bond donors (Lipinski definition) is 1. The summed E-state index contributed by atoms with van der Waals surface area (Å²) in [6.45, 7) is 9.69. The molecule has 0 aromatic heterocycles. The molecule has 1 N–H and O–H groups in total. The van der Waals surface area contributed by atoms with Gasteiger partial charge in [-0.3, -0.25) is 0 Å². The third-order valence-corrected chi connectivity index (χ3v) is 4.40. The highest BCUT2D eigenvalue weighted by molar-refractivity contribution is 8.00. The van der Waals surface area contributed by atoms with E-state index in [1.807, 2.05) is 17.8 Å². The summed E-state index contributed by atoms with van der Waals surface area (Å²) in [5.74, 6) is 0.682. The predicted molar refractivity (Wildman–Crippen MR) is 84.8 cm³/mol. The van der Waals surface area contributed by atoms with E-state index in [4.69, 9.17) is 11.6 Å². The van der Waals surface area contributed by atoms with Crippen LogP contribution in [0.2, 0.25) is 5.02 Å². The number of benzene rings is 1. The molecule has 0 aliphatic heterocycles. The van der Waals surface area contributed by atoms with Crippen LogP contribution in [-0.2, 0) is 6.42 Å². The second-order valence-electron chi connectivity index (χ2n) is 5.63. The molecule has 1 unspecified atom stereocenters. The zero-order chi connectivity index (χ0) is 14.5. The minimum Gasteiger partial charge on any atom is -0.313 e. The third kappa shape index (κ3) is 6.64. The van der Waals surface area contributed by atoms with Crippen molar-refractivity contribution < 1.29 is 4.39 Å². The normalized spacial score (nSPS) is 13.6. The van der Waals surface area contributed by atoms with Crippen LogP contribution >= 0.6 is 23.4 Å². The standard InChI is InChI=1S/C15H23ClFNS/c1-5-18-12(10-19-15(2,3)4)8-11-6-7-14(17)13(16)9-11/h6-7,9,12,18H,5,8,10H2,1-4H3. The van der Waals surface area contributed by atoms with Gasteiger partial charge in [-0.1, -0.05) is 45.4 Å².